The number of sulfonamides is 1. The third-order valence-corrected chi connectivity index (χ3v) is 7.14. The Hall–Kier alpha value is -1.89. The molecule has 0 aliphatic carbocycles. The molecule has 0 N–H and O–H groups in total. The molecule has 150 valence electrons. The second-order valence-corrected chi connectivity index (χ2v) is 9.89. The molecule has 1 heterocycles. The van der Waals surface area contributed by atoms with E-state index in [1.807, 2.05) is 17.0 Å². The van der Waals surface area contributed by atoms with Crippen LogP contribution in [0.2, 0.25) is 5.02 Å². The Balaban J connectivity index is 1.68. The van der Waals surface area contributed by atoms with E-state index >= 15 is 0 Å². The van der Waals surface area contributed by atoms with Crippen LogP contribution in [0, 0.1) is 5.92 Å². The summed E-state index contributed by atoms with van der Waals surface area (Å²) in [5.41, 5.74) is 1.46. The minimum atomic E-state index is -3.60. The van der Waals surface area contributed by atoms with E-state index in [2.05, 4.69) is 6.92 Å². The molecule has 0 radical (unpaired) electrons. The molecular weight excluding hydrogens is 396 g/mol. The minimum Gasteiger partial charge on any atom is -0.338 e. The van der Waals surface area contributed by atoms with Crippen LogP contribution in [-0.2, 0) is 16.6 Å². The van der Waals surface area contributed by atoms with Crippen molar-refractivity contribution in [2.75, 3.05) is 20.1 Å². The van der Waals surface area contributed by atoms with E-state index in [4.69, 9.17) is 11.6 Å². The number of hydrogen-bond donors (Lipinski definition) is 0. The highest BCUT2D eigenvalue weighted by Crippen LogP contribution is 2.21. The number of amides is 1. The predicted octanol–water partition coefficient (Wildman–Crippen LogP) is 4.03. The minimum absolute atomic E-state index is 0.0419. The van der Waals surface area contributed by atoms with Crippen molar-refractivity contribution in [1.82, 2.24) is 9.21 Å². The van der Waals surface area contributed by atoms with Crippen molar-refractivity contribution in [3.8, 4) is 0 Å². The Kier molecular flexibility index (Phi) is 6.43. The largest absolute Gasteiger partial charge is 0.338 e. The van der Waals surface area contributed by atoms with E-state index in [1.54, 1.807) is 24.3 Å². The van der Waals surface area contributed by atoms with Crippen molar-refractivity contribution in [3.63, 3.8) is 0 Å². The quantitative estimate of drug-likeness (QED) is 0.733. The van der Waals surface area contributed by atoms with Crippen LogP contribution in [0.15, 0.2) is 53.4 Å². The van der Waals surface area contributed by atoms with Crippen LogP contribution in [0.3, 0.4) is 0 Å². The highest BCUT2D eigenvalue weighted by molar-refractivity contribution is 7.89. The van der Waals surface area contributed by atoms with E-state index in [0.717, 1.165) is 31.5 Å². The van der Waals surface area contributed by atoms with Gasteiger partial charge in [0.25, 0.3) is 5.91 Å². The molecule has 1 amide bonds. The fraction of sp³-hybridized carbons (Fsp3) is 0.381. The number of carbonyl (C=O) groups excluding carboxylic acids is 1. The van der Waals surface area contributed by atoms with Crippen molar-refractivity contribution >= 4 is 27.5 Å². The lowest BCUT2D eigenvalue weighted by Gasteiger charge is -2.31. The lowest BCUT2D eigenvalue weighted by molar-refractivity contribution is 0.0683. The van der Waals surface area contributed by atoms with Crippen molar-refractivity contribution in [3.05, 3.63) is 64.7 Å². The Morgan fingerprint density at radius 1 is 1.14 bits per heavy atom. The topological polar surface area (TPSA) is 57.7 Å². The first-order valence-corrected chi connectivity index (χ1v) is 11.2. The Bertz CT molecular complexity index is 927. The maximum atomic E-state index is 12.7. The Morgan fingerprint density at radius 2 is 1.79 bits per heavy atom. The van der Waals surface area contributed by atoms with Gasteiger partial charge in [0, 0.05) is 37.3 Å². The Labute approximate surface area is 172 Å². The van der Waals surface area contributed by atoms with Crippen molar-refractivity contribution < 1.29 is 13.2 Å². The number of likely N-dealkylation sites (tertiary alicyclic amines) is 1. The molecule has 1 saturated heterocycles. The molecule has 1 aliphatic rings. The molecule has 2 aromatic rings. The molecule has 0 unspecified atom stereocenters. The van der Waals surface area contributed by atoms with Gasteiger partial charge in [0.1, 0.15) is 0 Å². The SMILES string of the molecule is C[C@@H]1CCCN(C(=O)c2ccc(CN(C)S(=O)(=O)c3ccc(Cl)cc3)cc2)C1. The van der Waals surface area contributed by atoms with E-state index in [1.165, 1.54) is 23.5 Å². The number of piperidine rings is 1. The Morgan fingerprint density at radius 3 is 2.39 bits per heavy atom. The molecule has 0 aromatic heterocycles. The highest BCUT2D eigenvalue weighted by atomic mass is 35.5. The van der Waals surface area contributed by atoms with Crippen LogP contribution >= 0.6 is 11.6 Å². The van der Waals surface area contributed by atoms with Gasteiger partial charge in [0.05, 0.1) is 4.90 Å². The van der Waals surface area contributed by atoms with E-state index in [0.29, 0.717) is 16.5 Å². The summed E-state index contributed by atoms with van der Waals surface area (Å²) in [4.78, 5) is 14.8. The van der Waals surface area contributed by atoms with Crippen LogP contribution in [0.4, 0.5) is 0 Å². The summed E-state index contributed by atoms with van der Waals surface area (Å²) in [6.07, 6.45) is 2.20. The molecule has 5 nitrogen and oxygen atoms in total. The fourth-order valence-electron chi connectivity index (χ4n) is 3.44. The third-order valence-electron chi connectivity index (χ3n) is 5.07. The zero-order valence-corrected chi connectivity index (χ0v) is 17.7. The van der Waals surface area contributed by atoms with Gasteiger partial charge >= 0.3 is 0 Å². The van der Waals surface area contributed by atoms with Gasteiger partial charge in [0.2, 0.25) is 10.0 Å². The van der Waals surface area contributed by atoms with Gasteiger partial charge < -0.3 is 4.90 Å². The molecule has 0 bridgehead atoms. The molecule has 2 aromatic carbocycles. The van der Waals surface area contributed by atoms with Crippen molar-refractivity contribution in [2.45, 2.75) is 31.2 Å². The number of carbonyl (C=O) groups is 1. The van der Waals surface area contributed by atoms with Gasteiger partial charge in [-0.3, -0.25) is 4.79 Å². The molecule has 3 rings (SSSR count). The highest BCUT2D eigenvalue weighted by Gasteiger charge is 2.23. The maximum absolute atomic E-state index is 12.7. The van der Waals surface area contributed by atoms with Gasteiger partial charge in [-0.2, -0.15) is 4.31 Å². The first kappa shape index (κ1) is 20.8. The van der Waals surface area contributed by atoms with Crippen LogP contribution < -0.4 is 0 Å². The standard InChI is InChI=1S/C21H25ClN2O3S/c1-16-4-3-13-24(14-16)21(25)18-7-5-17(6-8-18)15-23(2)28(26,27)20-11-9-19(22)10-12-20/h5-12,16H,3-4,13-15H2,1-2H3/t16-/m1/s1. The average molecular weight is 421 g/mol. The first-order valence-electron chi connectivity index (χ1n) is 9.37. The lowest BCUT2D eigenvalue weighted by atomic mass is 9.99. The molecule has 7 heteroatoms. The lowest BCUT2D eigenvalue weighted by Crippen LogP contribution is -2.39. The van der Waals surface area contributed by atoms with Gasteiger partial charge in [-0.25, -0.2) is 8.42 Å². The fourth-order valence-corrected chi connectivity index (χ4v) is 4.72. The van der Waals surface area contributed by atoms with Gasteiger partial charge in [-0.15, -0.1) is 0 Å². The molecule has 1 fully saturated rings. The molecule has 1 aliphatic heterocycles. The number of benzene rings is 2. The number of rotatable bonds is 5. The van der Waals surface area contributed by atoms with E-state index < -0.39 is 10.0 Å². The summed E-state index contributed by atoms with van der Waals surface area (Å²) < 4.78 is 26.7. The summed E-state index contributed by atoms with van der Waals surface area (Å²) in [6.45, 7) is 3.98. The van der Waals surface area contributed by atoms with Crippen LogP contribution in [0.5, 0.6) is 0 Å². The van der Waals surface area contributed by atoms with Gasteiger partial charge in [-0.05, 0) is 60.7 Å². The smallest absolute Gasteiger partial charge is 0.253 e. The predicted molar refractivity (Wildman–Crippen MR) is 111 cm³/mol. The summed E-state index contributed by atoms with van der Waals surface area (Å²) in [7, 11) is -2.06. The summed E-state index contributed by atoms with van der Waals surface area (Å²) >= 11 is 5.84. The van der Waals surface area contributed by atoms with E-state index in [9.17, 15) is 13.2 Å². The second-order valence-electron chi connectivity index (χ2n) is 7.41. The molecule has 0 spiro atoms. The number of hydrogen-bond acceptors (Lipinski definition) is 3. The number of nitrogens with zero attached hydrogens (tertiary/aromatic N) is 2. The average Bonchev–Trinajstić information content (AvgIpc) is 2.68. The molecule has 0 saturated carbocycles. The van der Waals surface area contributed by atoms with Crippen molar-refractivity contribution in [1.29, 1.82) is 0 Å². The summed E-state index contributed by atoms with van der Waals surface area (Å²) in [5, 5.41) is 0.491. The normalized spacial score (nSPS) is 17.7. The van der Waals surface area contributed by atoms with Gasteiger partial charge in [-0.1, -0.05) is 30.7 Å². The zero-order chi connectivity index (χ0) is 20.3. The molecule has 1 atom stereocenters. The third kappa shape index (κ3) is 4.74. The summed E-state index contributed by atoms with van der Waals surface area (Å²) in [5.74, 6) is 0.573. The first-order chi connectivity index (χ1) is 13.3. The zero-order valence-electron chi connectivity index (χ0n) is 16.1. The van der Waals surface area contributed by atoms with E-state index in [-0.39, 0.29) is 17.3 Å². The van der Waals surface area contributed by atoms with Crippen LogP contribution in [0.25, 0.3) is 0 Å². The maximum Gasteiger partial charge on any atom is 0.253 e. The van der Waals surface area contributed by atoms with Crippen LogP contribution in [-0.4, -0.2) is 43.7 Å². The van der Waals surface area contributed by atoms with Crippen molar-refractivity contribution in [2.24, 2.45) is 5.92 Å². The van der Waals surface area contributed by atoms with Crippen LogP contribution in [0.1, 0.15) is 35.7 Å². The monoisotopic (exact) mass is 420 g/mol. The molecular formula is C21H25ClN2O3S. The second kappa shape index (κ2) is 8.64. The molecule has 28 heavy (non-hydrogen) atoms. The van der Waals surface area contributed by atoms with Gasteiger partial charge in [0.15, 0.2) is 0 Å². The number of halogens is 1. The summed E-state index contributed by atoms with van der Waals surface area (Å²) in [6, 6.07) is 13.3.